The molecule has 0 atom stereocenters. The van der Waals surface area contributed by atoms with Crippen molar-refractivity contribution >= 4 is 21.8 Å². The van der Waals surface area contributed by atoms with Crippen molar-refractivity contribution in [2.24, 2.45) is 5.92 Å². The number of carbonyl (C=O) groups excluding carboxylic acids is 1. The van der Waals surface area contributed by atoms with Gasteiger partial charge in [0.2, 0.25) is 0 Å². The first-order valence-electron chi connectivity index (χ1n) is 5.74. The third-order valence-electron chi connectivity index (χ3n) is 2.42. The Bertz CT molecular complexity index is 393. The predicted octanol–water partition coefficient (Wildman–Crippen LogP) is 3.75. The molecule has 1 N–H and O–H groups in total. The van der Waals surface area contributed by atoms with Crippen LogP contribution in [-0.4, -0.2) is 12.5 Å². The van der Waals surface area contributed by atoms with E-state index in [1.165, 1.54) is 12.1 Å². The van der Waals surface area contributed by atoms with Crippen molar-refractivity contribution in [3.8, 4) is 0 Å². The second kappa shape index (κ2) is 6.74. The van der Waals surface area contributed by atoms with E-state index in [-0.39, 0.29) is 5.91 Å². The van der Waals surface area contributed by atoms with Crippen LogP contribution in [0.2, 0.25) is 0 Å². The summed E-state index contributed by atoms with van der Waals surface area (Å²) in [5.41, 5.74) is 0.342. The highest BCUT2D eigenvalue weighted by Gasteiger charge is 2.10. The second-order valence-electron chi connectivity index (χ2n) is 4.42. The van der Waals surface area contributed by atoms with Crippen LogP contribution in [0.15, 0.2) is 22.7 Å². The van der Waals surface area contributed by atoms with Gasteiger partial charge in [-0.05, 0) is 52.9 Å². The average molecular weight is 302 g/mol. The maximum absolute atomic E-state index is 13.0. The second-order valence-corrected chi connectivity index (χ2v) is 5.27. The van der Waals surface area contributed by atoms with E-state index in [4.69, 9.17) is 0 Å². The molecule has 1 aromatic carbocycles. The zero-order chi connectivity index (χ0) is 12.8. The molecule has 0 radical (unpaired) electrons. The van der Waals surface area contributed by atoms with Gasteiger partial charge in [0.25, 0.3) is 5.91 Å². The summed E-state index contributed by atoms with van der Waals surface area (Å²) >= 11 is 3.24. The largest absolute Gasteiger partial charge is 0.352 e. The lowest BCUT2D eigenvalue weighted by molar-refractivity contribution is 0.0951. The Labute approximate surface area is 110 Å². The van der Waals surface area contributed by atoms with Crippen LogP contribution in [0.3, 0.4) is 0 Å². The van der Waals surface area contributed by atoms with Gasteiger partial charge >= 0.3 is 0 Å². The molecule has 0 saturated carbocycles. The van der Waals surface area contributed by atoms with Crippen molar-refractivity contribution < 1.29 is 9.18 Å². The van der Waals surface area contributed by atoms with Gasteiger partial charge in [-0.1, -0.05) is 13.8 Å². The van der Waals surface area contributed by atoms with Crippen molar-refractivity contribution in [3.05, 3.63) is 34.1 Å². The molecule has 0 unspecified atom stereocenters. The fourth-order valence-electron chi connectivity index (χ4n) is 1.48. The Hall–Kier alpha value is -0.900. The molecule has 1 amide bonds. The molecule has 0 saturated heterocycles. The number of hydrogen-bond donors (Lipinski definition) is 1. The minimum absolute atomic E-state index is 0.236. The summed E-state index contributed by atoms with van der Waals surface area (Å²) in [5.74, 6) is -0.00605. The van der Waals surface area contributed by atoms with Crippen molar-refractivity contribution in [3.63, 3.8) is 0 Å². The molecule has 0 spiro atoms. The number of carbonyl (C=O) groups is 1. The summed E-state index contributed by atoms with van der Waals surface area (Å²) in [7, 11) is 0. The molecule has 4 heteroatoms. The SMILES string of the molecule is CC(C)CCCNC(=O)c1cc(F)ccc1Br. The lowest BCUT2D eigenvalue weighted by Crippen LogP contribution is -2.25. The Morgan fingerprint density at radius 1 is 1.47 bits per heavy atom. The van der Waals surface area contributed by atoms with Crippen LogP contribution >= 0.6 is 15.9 Å². The summed E-state index contributed by atoms with van der Waals surface area (Å²) in [6.45, 7) is 4.91. The number of halogens is 2. The van der Waals surface area contributed by atoms with E-state index in [0.717, 1.165) is 12.8 Å². The molecule has 0 aliphatic heterocycles. The summed E-state index contributed by atoms with van der Waals surface area (Å²) in [6.07, 6.45) is 2.01. The van der Waals surface area contributed by atoms with Gasteiger partial charge in [-0.2, -0.15) is 0 Å². The van der Waals surface area contributed by atoms with Gasteiger partial charge in [0.15, 0.2) is 0 Å². The van der Waals surface area contributed by atoms with Crippen molar-refractivity contribution in [1.82, 2.24) is 5.32 Å². The minimum atomic E-state index is -0.402. The molecule has 0 fully saturated rings. The maximum atomic E-state index is 13.0. The number of amides is 1. The van der Waals surface area contributed by atoms with Crippen molar-refractivity contribution in [2.45, 2.75) is 26.7 Å². The zero-order valence-electron chi connectivity index (χ0n) is 10.1. The highest BCUT2D eigenvalue weighted by atomic mass is 79.9. The van der Waals surface area contributed by atoms with Gasteiger partial charge in [0, 0.05) is 11.0 Å². The summed E-state index contributed by atoms with van der Waals surface area (Å²) in [4.78, 5) is 11.8. The molecule has 0 aromatic heterocycles. The van der Waals surface area contributed by atoms with E-state index in [9.17, 15) is 9.18 Å². The molecule has 1 aromatic rings. The minimum Gasteiger partial charge on any atom is -0.352 e. The van der Waals surface area contributed by atoms with Gasteiger partial charge in [0.05, 0.1) is 5.56 Å². The Morgan fingerprint density at radius 2 is 2.18 bits per heavy atom. The van der Waals surface area contributed by atoms with E-state index in [1.54, 1.807) is 6.07 Å². The molecule has 0 aliphatic rings. The highest BCUT2D eigenvalue weighted by Crippen LogP contribution is 2.17. The Kier molecular flexibility index (Phi) is 5.62. The first kappa shape index (κ1) is 14.2. The molecule has 0 heterocycles. The van der Waals surface area contributed by atoms with Crippen LogP contribution in [0.5, 0.6) is 0 Å². The number of rotatable bonds is 5. The summed E-state index contributed by atoms with van der Waals surface area (Å²) in [6, 6.07) is 4.10. The van der Waals surface area contributed by atoms with Crippen LogP contribution in [0, 0.1) is 11.7 Å². The monoisotopic (exact) mass is 301 g/mol. The van der Waals surface area contributed by atoms with Crippen LogP contribution in [0.25, 0.3) is 0 Å². The molecule has 17 heavy (non-hydrogen) atoms. The predicted molar refractivity (Wildman–Crippen MR) is 70.5 cm³/mol. The Morgan fingerprint density at radius 3 is 2.82 bits per heavy atom. The van der Waals surface area contributed by atoms with Crippen LogP contribution in [0.1, 0.15) is 37.0 Å². The average Bonchev–Trinajstić information content (AvgIpc) is 2.27. The standard InChI is InChI=1S/C13H17BrFNO/c1-9(2)4-3-7-16-13(17)11-8-10(15)5-6-12(11)14/h5-6,8-9H,3-4,7H2,1-2H3,(H,16,17). The van der Waals surface area contributed by atoms with Crippen molar-refractivity contribution in [2.75, 3.05) is 6.54 Å². The van der Waals surface area contributed by atoms with Gasteiger partial charge in [-0.15, -0.1) is 0 Å². The first-order valence-corrected chi connectivity index (χ1v) is 6.53. The van der Waals surface area contributed by atoms with E-state index < -0.39 is 5.82 Å². The topological polar surface area (TPSA) is 29.1 Å². The molecular formula is C13H17BrFNO. The molecular weight excluding hydrogens is 285 g/mol. The summed E-state index contributed by atoms with van der Waals surface area (Å²) in [5, 5.41) is 2.79. The van der Waals surface area contributed by atoms with Gasteiger partial charge in [0.1, 0.15) is 5.82 Å². The van der Waals surface area contributed by atoms with Gasteiger partial charge in [-0.3, -0.25) is 4.79 Å². The zero-order valence-corrected chi connectivity index (χ0v) is 11.7. The smallest absolute Gasteiger partial charge is 0.252 e. The quantitative estimate of drug-likeness (QED) is 0.825. The van der Waals surface area contributed by atoms with Crippen LogP contribution in [-0.2, 0) is 0 Å². The molecule has 1 rings (SSSR count). The maximum Gasteiger partial charge on any atom is 0.252 e. The molecule has 0 bridgehead atoms. The number of nitrogens with one attached hydrogen (secondary N) is 1. The van der Waals surface area contributed by atoms with Crippen molar-refractivity contribution in [1.29, 1.82) is 0 Å². The fraction of sp³-hybridized carbons (Fsp3) is 0.462. The van der Waals surface area contributed by atoms with E-state index in [0.29, 0.717) is 22.5 Å². The van der Waals surface area contributed by atoms with E-state index in [2.05, 4.69) is 35.1 Å². The molecule has 94 valence electrons. The third kappa shape index (κ3) is 4.86. The Balaban J connectivity index is 2.49. The molecule has 0 aliphatic carbocycles. The van der Waals surface area contributed by atoms with E-state index in [1.807, 2.05) is 0 Å². The van der Waals surface area contributed by atoms with Gasteiger partial charge in [-0.25, -0.2) is 4.39 Å². The number of benzene rings is 1. The van der Waals surface area contributed by atoms with Crippen LogP contribution < -0.4 is 5.32 Å². The fourth-order valence-corrected chi connectivity index (χ4v) is 1.91. The summed E-state index contributed by atoms with van der Waals surface area (Å²) < 4.78 is 13.6. The van der Waals surface area contributed by atoms with E-state index >= 15 is 0 Å². The third-order valence-corrected chi connectivity index (χ3v) is 3.11. The van der Waals surface area contributed by atoms with Gasteiger partial charge < -0.3 is 5.32 Å². The number of hydrogen-bond acceptors (Lipinski definition) is 1. The van der Waals surface area contributed by atoms with Crippen LogP contribution in [0.4, 0.5) is 4.39 Å². The molecule has 2 nitrogen and oxygen atoms in total. The lowest BCUT2D eigenvalue weighted by atomic mass is 10.1. The normalized spacial score (nSPS) is 10.6. The highest BCUT2D eigenvalue weighted by molar-refractivity contribution is 9.10. The lowest BCUT2D eigenvalue weighted by Gasteiger charge is -2.08. The first-order chi connectivity index (χ1) is 8.00.